The monoisotopic (exact) mass is 506 g/mol. The van der Waals surface area contributed by atoms with Gasteiger partial charge in [-0.25, -0.2) is 18.2 Å². The molecule has 6 rings (SSSR count). The number of aryl methyl sites for hydroxylation is 1. The number of nitrogens with zero attached hydrogens (tertiary/aromatic N) is 8. The normalized spacial score (nSPS) is 23.5. The molecule has 0 bridgehead atoms. The third kappa shape index (κ3) is 3.67. The van der Waals surface area contributed by atoms with Gasteiger partial charge in [0.1, 0.15) is 11.8 Å². The average molecular weight is 506 g/mol. The molecule has 4 aromatic rings. The minimum absolute atomic E-state index is 0.119. The summed E-state index contributed by atoms with van der Waals surface area (Å²) in [5, 5.41) is 8.03. The van der Waals surface area contributed by atoms with Crippen molar-refractivity contribution in [1.82, 2.24) is 34.0 Å². The van der Waals surface area contributed by atoms with Gasteiger partial charge in [-0.3, -0.25) is 4.90 Å². The highest BCUT2D eigenvalue weighted by Gasteiger charge is 2.62. The highest BCUT2D eigenvalue weighted by Crippen LogP contribution is 2.57. The van der Waals surface area contributed by atoms with Gasteiger partial charge in [-0.1, -0.05) is 12.1 Å². The summed E-state index contributed by atoms with van der Waals surface area (Å²) < 4.78 is 71.2. The van der Waals surface area contributed by atoms with Crippen molar-refractivity contribution in [2.45, 2.75) is 37.5 Å². The van der Waals surface area contributed by atoms with E-state index in [2.05, 4.69) is 25.1 Å². The molecule has 4 heterocycles. The first kappa shape index (κ1) is 23.1. The Morgan fingerprint density at radius 2 is 1.81 bits per heavy atom. The van der Waals surface area contributed by atoms with E-state index in [0.717, 1.165) is 17.8 Å². The van der Waals surface area contributed by atoms with Crippen LogP contribution in [0.25, 0.3) is 16.9 Å². The Morgan fingerprint density at radius 1 is 1.08 bits per heavy atom. The number of aromatic nitrogens is 6. The third-order valence-electron chi connectivity index (χ3n) is 7.24. The Kier molecular flexibility index (Phi) is 5.01. The zero-order chi connectivity index (χ0) is 25.4. The zero-order valence-corrected chi connectivity index (χ0v) is 19.5. The Hall–Kier alpha value is -3.35. The number of fused-ring (bicyclic) bond motifs is 3. The van der Waals surface area contributed by atoms with Crippen molar-refractivity contribution in [3.63, 3.8) is 0 Å². The molecule has 0 N–H and O–H groups in total. The Bertz CT molecular complexity index is 1430. The van der Waals surface area contributed by atoms with Crippen LogP contribution in [0.5, 0.6) is 0 Å². The summed E-state index contributed by atoms with van der Waals surface area (Å²) in [7, 11) is 1.87. The van der Waals surface area contributed by atoms with E-state index in [-0.39, 0.29) is 12.5 Å². The standard InChI is InChI=1S/C23H23F5N8/c1-13-10-34(18(16-9-22(16,24)25)14-3-5-15(6-4-14)23(26,27)28)7-8-35(13)19-17-20(33(2)11-29-17)36-12-30-32-21(36)31-19/h3-6,11-13,16,18H,7-10H2,1-2H3. The van der Waals surface area contributed by atoms with Gasteiger partial charge < -0.3 is 9.47 Å². The lowest BCUT2D eigenvalue weighted by Crippen LogP contribution is -2.53. The molecule has 0 spiro atoms. The molecule has 1 saturated carbocycles. The van der Waals surface area contributed by atoms with Crippen molar-refractivity contribution in [3.8, 4) is 0 Å². The van der Waals surface area contributed by atoms with E-state index in [9.17, 15) is 22.0 Å². The molecule has 2 fully saturated rings. The zero-order valence-electron chi connectivity index (χ0n) is 19.5. The number of benzene rings is 1. The number of alkyl halides is 5. The van der Waals surface area contributed by atoms with Crippen molar-refractivity contribution >= 4 is 22.8 Å². The van der Waals surface area contributed by atoms with Gasteiger partial charge in [0.05, 0.1) is 11.9 Å². The molecule has 2 aliphatic rings. The molecule has 0 radical (unpaired) electrons. The summed E-state index contributed by atoms with van der Waals surface area (Å²) in [5.74, 6) is -2.69. The quantitative estimate of drug-likeness (QED) is 0.391. The fraction of sp³-hybridized carbons (Fsp3) is 0.478. The van der Waals surface area contributed by atoms with Gasteiger partial charge in [0.2, 0.25) is 0 Å². The minimum atomic E-state index is -4.48. The van der Waals surface area contributed by atoms with Crippen molar-refractivity contribution in [2.75, 3.05) is 24.5 Å². The number of hydrogen-bond acceptors (Lipinski definition) is 6. The van der Waals surface area contributed by atoms with E-state index in [1.54, 1.807) is 17.1 Å². The van der Waals surface area contributed by atoms with E-state index in [1.807, 2.05) is 23.4 Å². The van der Waals surface area contributed by atoms with Crippen LogP contribution in [0.15, 0.2) is 36.9 Å². The number of rotatable bonds is 4. The van der Waals surface area contributed by atoms with Gasteiger partial charge in [0.15, 0.2) is 11.5 Å². The largest absolute Gasteiger partial charge is 0.416 e. The summed E-state index contributed by atoms with van der Waals surface area (Å²) in [4.78, 5) is 13.2. The number of halogens is 5. The maximum Gasteiger partial charge on any atom is 0.416 e. The van der Waals surface area contributed by atoms with Crippen LogP contribution >= 0.6 is 0 Å². The molecule has 1 aliphatic carbocycles. The maximum absolute atomic E-state index is 14.2. The summed E-state index contributed by atoms with van der Waals surface area (Å²) in [5.41, 5.74) is 1.15. The predicted octanol–water partition coefficient (Wildman–Crippen LogP) is 3.94. The van der Waals surface area contributed by atoms with Gasteiger partial charge in [0, 0.05) is 51.1 Å². The van der Waals surface area contributed by atoms with E-state index < -0.39 is 29.6 Å². The average Bonchev–Trinajstić information content (AvgIpc) is 3.15. The molecule has 1 aliphatic heterocycles. The summed E-state index contributed by atoms with van der Waals surface area (Å²) in [6, 6.07) is 3.81. The van der Waals surface area contributed by atoms with Crippen LogP contribution in [-0.2, 0) is 13.2 Å². The second kappa shape index (κ2) is 7.82. The molecule has 1 aromatic carbocycles. The topological polar surface area (TPSA) is 67.4 Å². The first-order chi connectivity index (χ1) is 17.0. The SMILES string of the molecule is CC1CN(C(c2ccc(C(F)(F)F)cc2)C2CC2(F)F)CCN1c1nc2nncn2c2c1ncn2C. The number of piperazine rings is 1. The molecule has 190 valence electrons. The van der Waals surface area contributed by atoms with Crippen LogP contribution in [0.1, 0.15) is 30.5 Å². The number of hydrogen-bond donors (Lipinski definition) is 0. The van der Waals surface area contributed by atoms with Gasteiger partial charge in [-0.05, 0) is 24.6 Å². The number of imidazole rings is 1. The summed E-state index contributed by atoms with van der Waals surface area (Å²) >= 11 is 0. The van der Waals surface area contributed by atoms with Crippen molar-refractivity contribution in [3.05, 3.63) is 48.0 Å². The highest BCUT2D eigenvalue weighted by atomic mass is 19.4. The predicted molar refractivity (Wildman–Crippen MR) is 121 cm³/mol. The molecule has 3 atom stereocenters. The van der Waals surface area contributed by atoms with Gasteiger partial charge >= 0.3 is 6.18 Å². The van der Waals surface area contributed by atoms with E-state index in [1.165, 1.54) is 12.1 Å². The Labute approximate surface area is 202 Å². The minimum Gasteiger partial charge on any atom is -0.349 e. The molecule has 1 saturated heterocycles. The van der Waals surface area contributed by atoms with Gasteiger partial charge in [-0.2, -0.15) is 18.2 Å². The molecule has 3 unspecified atom stereocenters. The first-order valence-electron chi connectivity index (χ1n) is 11.6. The van der Waals surface area contributed by atoms with Crippen LogP contribution in [0.3, 0.4) is 0 Å². The molecule has 13 heteroatoms. The molecule has 0 amide bonds. The third-order valence-corrected chi connectivity index (χ3v) is 7.24. The lowest BCUT2D eigenvalue weighted by Gasteiger charge is -2.44. The van der Waals surface area contributed by atoms with E-state index in [4.69, 9.17) is 0 Å². The second-order valence-corrected chi connectivity index (χ2v) is 9.64. The fourth-order valence-corrected chi connectivity index (χ4v) is 5.36. The Balaban J connectivity index is 1.30. The van der Waals surface area contributed by atoms with E-state index >= 15 is 0 Å². The summed E-state index contributed by atoms with van der Waals surface area (Å²) in [6.45, 7) is 3.34. The van der Waals surface area contributed by atoms with Crippen LogP contribution in [0, 0.1) is 5.92 Å². The maximum atomic E-state index is 14.2. The van der Waals surface area contributed by atoms with Crippen molar-refractivity contribution in [2.24, 2.45) is 13.0 Å². The van der Waals surface area contributed by atoms with Crippen LogP contribution in [-0.4, -0.2) is 65.6 Å². The lowest BCUT2D eigenvalue weighted by atomic mass is 9.97. The molecule has 3 aromatic heterocycles. The molecular formula is C23H23F5N8. The summed E-state index contributed by atoms with van der Waals surface area (Å²) in [6.07, 6.45) is -1.49. The van der Waals surface area contributed by atoms with Crippen LogP contribution < -0.4 is 4.90 Å². The van der Waals surface area contributed by atoms with Gasteiger partial charge in [-0.15, -0.1) is 10.2 Å². The highest BCUT2D eigenvalue weighted by molar-refractivity contribution is 5.86. The van der Waals surface area contributed by atoms with Gasteiger partial charge in [0.25, 0.3) is 11.7 Å². The number of anilines is 1. The van der Waals surface area contributed by atoms with Crippen molar-refractivity contribution in [1.29, 1.82) is 0 Å². The second-order valence-electron chi connectivity index (χ2n) is 9.64. The Morgan fingerprint density at radius 3 is 2.44 bits per heavy atom. The fourth-order valence-electron chi connectivity index (χ4n) is 5.36. The molecular weight excluding hydrogens is 483 g/mol. The van der Waals surface area contributed by atoms with E-state index in [0.29, 0.717) is 42.3 Å². The lowest BCUT2D eigenvalue weighted by molar-refractivity contribution is -0.137. The molecule has 36 heavy (non-hydrogen) atoms. The van der Waals surface area contributed by atoms with Crippen molar-refractivity contribution < 1.29 is 22.0 Å². The molecule has 8 nitrogen and oxygen atoms in total. The van der Waals surface area contributed by atoms with Crippen LogP contribution in [0.4, 0.5) is 27.8 Å². The van der Waals surface area contributed by atoms with Crippen LogP contribution in [0.2, 0.25) is 0 Å². The first-order valence-corrected chi connectivity index (χ1v) is 11.6. The smallest absolute Gasteiger partial charge is 0.349 e.